The minimum absolute atomic E-state index is 0.271. The molecule has 1 aliphatic rings. The predicted octanol–water partition coefficient (Wildman–Crippen LogP) is 1.90. The van der Waals surface area contributed by atoms with E-state index in [2.05, 4.69) is 24.3 Å². The van der Waals surface area contributed by atoms with Gasteiger partial charge in [-0.1, -0.05) is 36.4 Å². The van der Waals surface area contributed by atoms with E-state index in [4.69, 9.17) is 9.68 Å². The third kappa shape index (κ3) is 1.33. The van der Waals surface area contributed by atoms with Crippen LogP contribution in [0.2, 0.25) is 0 Å². The number of hydrogen-bond donors (Lipinski definition) is 1. The molecule has 1 N–H and O–H groups in total. The van der Waals surface area contributed by atoms with Crippen LogP contribution in [-0.4, -0.2) is 12.7 Å². The van der Waals surface area contributed by atoms with Gasteiger partial charge < -0.3 is 9.68 Å². The highest BCUT2D eigenvalue weighted by atomic mass is 16.5. The van der Waals surface area contributed by atoms with E-state index < -0.39 is 0 Å². The normalized spacial score (nSPS) is 11.8. The summed E-state index contributed by atoms with van der Waals surface area (Å²) in [5, 5.41) is 8.85. The molecule has 16 heavy (non-hydrogen) atoms. The molecule has 3 rings (SSSR count). The van der Waals surface area contributed by atoms with Gasteiger partial charge in [0.25, 0.3) is 0 Å². The predicted molar refractivity (Wildman–Crippen MR) is 64.7 cm³/mol. The molecular formula is C13H11BO2. The molecule has 0 unspecified atom stereocenters. The van der Waals surface area contributed by atoms with Crippen LogP contribution in [0.5, 0.6) is 5.75 Å². The van der Waals surface area contributed by atoms with Crippen LogP contribution in [0.1, 0.15) is 11.1 Å². The fraction of sp³-hybridized carbons (Fsp3) is 0.0769. The van der Waals surface area contributed by atoms with Crippen LogP contribution in [0.15, 0.2) is 42.5 Å². The van der Waals surface area contributed by atoms with Gasteiger partial charge >= 0.3 is 7.69 Å². The van der Waals surface area contributed by atoms with Gasteiger partial charge in [0.05, 0.1) is 0 Å². The lowest BCUT2D eigenvalue weighted by atomic mass is 10.1. The van der Waals surface area contributed by atoms with Crippen LogP contribution in [0, 0.1) is 0 Å². The standard InChI is InChI=1S/C13H11BO2/c15-14-16-13-7-3-6-11-10-5-2-1-4-9(10)8-12(11)13/h1-7,14-15H,8H2. The van der Waals surface area contributed by atoms with Crippen molar-refractivity contribution in [2.75, 3.05) is 0 Å². The van der Waals surface area contributed by atoms with Gasteiger partial charge in [-0.05, 0) is 22.8 Å². The van der Waals surface area contributed by atoms with Crippen molar-refractivity contribution < 1.29 is 9.68 Å². The van der Waals surface area contributed by atoms with Gasteiger partial charge in [-0.2, -0.15) is 0 Å². The van der Waals surface area contributed by atoms with Crippen molar-refractivity contribution in [3.05, 3.63) is 53.6 Å². The molecule has 1 aliphatic carbocycles. The zero-order chi connectivity index (χ0) is 11.0. The van der Waals surface area contributed by atoms with Gasteiger partial charge in [0.2, 0.25) is 0 Å². The molecule has 0 atom stereocenters. The van der Waals surface area contributed by atoms with Crippen LogP contribution in [0.3, 0.4) is 0 Å². The molecule has 78 valence electrons. The summed E-state index contributed by atoms with van der Waals surface area (Å²) in [5.41, 5.74) is 5.01. The first-order chi connectivity index (χ1) is 7.90. The Morgan fingerprint density at radius 2 is 1.81 bits per heavy atom. The van der Waals surface area contributed by atoms with Crippen molar-refractivity contribution in [2.24, 2.45) is 0 Å². The van der Waals surface area contributed by atoms with E-state index in [-0.39, 0.29) is 7.69 Å². The summed E-state index contributed by atoms with van der Waals surface area (Å²) in [5.74, 6) is 0.788. The van der Waals surface area contributed by atoms with E-state index in [9.17, 15) is 0 Å². The molecule has 3 heteroatoms. The minimum Gasteiger partial charge on any atom is -0.539 e. The van der Waals surface area contributed by atoms with E-state index in [0.29, 0.717) is 0 Å². The third-order valence-corrected chi connectivity index (χ3v) is 3.03. The van der Waals surface area contributed by atoms with E-state index >= 15 is 0 Å². The first kappa shape index (κ1) is 9.49. The Balaban J connectivity index is 2.16. The molecule has 0 fully saturated rings. The molecule has 2 aromatic carbocycles. The molecular weight excluding hydrogens is 199 g/mol. The van der Waals surface area contributed by atoms with Crippen molar-refractivity contribution in [3.63, 3.8) is 0 Å². The molecule has 0 bridgehead atoms. The van der Waals surface area contributed by atoms with Crippen molar-refractivity contribution in [3.8, 4) is 16.9 Å². The Bertz CT molecular complexity index is 537. The number of hydrogen-bond acceptors (Lipinski definition) is 2. The Morgan fingerprint density at radius 1 is 1.00 bits per heavy atom. The summed E-state index contributed by atoms with van der Waals surface area (Å²) >= 11 is 0. The summed E-state index contributed by atoms with van der Waals surface area (Å²) in [6, 6.07) is 14.3. The van der Waals surface area contributed by atoms with Crippen molar-refractivity contribution in [2.45, 2.75) is 6.42 Å². The average molecular weight is 210 g/mol. The van der Waals surface area contributed by atoms with Gasteiger partial charge in [0.15, 0.2) is 0 Å². The largest absolute Gasteiger partial charge is 0.539 e. The highest BCUT2D eigenvalue weighted by Crippen LogP contribution is 2.40. The smallest absolute Gasteiger partial charge is 0.504 e. The van der Waals surface area contributed by atoms with Crippen LogP contribution in [0.4, 0.5) is 0 Å². The number of benzene rings is 2. The third-order valence-electron chi connectivity index (χ3n) is 3.03. The van der Waals surface area contributed by atoms with Gasteiger partial charge in [0.1, 0.15) is 5.75 Å². The highest BCUT2D eigenvalue weighted by Gasteiger charge is 2.20. The Morgan fingerprint density at radius 3 is 2.69 bits per heavy atom. The molecule has 2 nitrogen and oxygen atoms in total. The monoisotopic (exact) mass is 210 g/mol. The lowest BCUT2D eigenvalue weighted by Gasteiger charge is -2.07. The SMILES string of the molecule is OBOc1cccc2c1Cc1ccccc1-2. The van der Waals surface area contributed by atoms with Crippen molar-refractivity contribution in [1.29, 1.82) is 0 Å². The Kier molecular flexibility index (Phi) is 2.19. The van der Waals surface area contributed by atoms with Gasteiger partial charge in [-0.3, -0.25) is 0 Å². The number of fused-ring (bicyclic) bond motifs is 3. The summed E-state index contributed by atoms with van der Waals surface area (Å²) in [4.78, 5) is 0. The molecule has 0 saturated carbocycles. The molecule has 0 aliphatic heterocycles. The maximum absolute atomic E-state index is 8.85. The number of rotatable bonds is 2. The minimum atomic E-state index is -0.271. The summed E-state index contributed by atoms with van der Waals surface area (Å²) in [6.07, 6.45) is 0.891. The topological polar surface area (TPSA) is 29.5 Å². The summed E-state index contributed by atoms with van der Waals surface area (Å²) < 4.78 is 5.24. The fourth-order valence-electron chi connectivity index (χ4n) is 2.33. The first-order valence-electron chi connectivity index (χ1n) is 5.34. The molecule has 0 aromatic heterocycles. The molecule has 0 heterocycles. The van der Waals surface area contributed by atoms with Crippen molar-refractivity contribution in [1.82, 2.24) is 0 Å². The van der Waals surface area contributed by atoms with Gasteiger partial charge in [-0.15, -0.1) is 0 Å². The second-order valence-corrected chi connectivity index (χ2v) is 3.89. The Labute approximate surface area is 94.8 Å². The van der Waals surface area contributed by atoms with Gasteiger partial charge in [-0.25, -0.2) is 0 Å². The highest BCUT2D eigenvalue weighted by molar-refractivity contribution is 6.17. The second-order valence-electron chi connectivity index (χ2n) is 3.89. The van der Waals surface area contributed by atoms with Crippen LogP contribution >= 0.6 is 0 Å². The molecule has 0 radical (unpaired) electrons. The Hall–Kier alpha value is -1.74. The molecule has 0 saturated heterocycles. The zero-order valence-electron chi connectivity index (χ0n) is 8.81. The van der Waals surface area contributed by atoms with Crippen LogP contribution < -0.4 is 4.65 Å². The second kappa shape index (κ2) is 3.69. The van der Waals surface area contributed by atoms with E-state index in [1.165, 1.54) is 22.3 Å². The van der Waals surface area contributed by atoms with Crippen LogP contribution in [0.25, 0.3) is 11.1 Å². The lowest BCUT2D eigenvalue weighted by molar-refractivity contribution is 0.451. The summed E-state index contributed by atoms with van der Waals surface area (Å²) in [7, 11) is -0.271. The maximum Gasteiger partial charge on any atom is 0.504 e. The lowest BCUT2D eigenvalue weighted by Crippen LogP contribution is -2.02. The van der Waals surface area contributed by atoms with E-state index in [0.717, 1.165) is 12.2 Å². The zero-order valence-corrected chi connectivity index (χ0v) is 8.81. The quantitative estimate of drug-likeness (QED) is 0.654. The van der Waals surface area contributed by atoms with Gasteiger partial charge in [0, 0.05) is 12.0 Å². The fourth-order valence-corrected chi connectivity index (χ4v) is 2.33. The van der Waals surface area contributed by atoms with E-state index in [1.54, 1.807) is 0 Å². The maximum atomic E-state index is 8.85. The molecule has 2 aromatic rings. The molecule has 0 spiro atoms. The molecule has 0 amide bonds. The van der Waals surface area contributed by atoms with Crippen molar-refractivity contribution >= 4 is 7.69 Å². The summed E-state index contributed by atoms with van der Waals surface area (Å²) in [6.45, 7) is 0. The average Bonchev–Trinajstić information content (AvgIpc) is 2.69. The van der Waals surface area contributed by atoms with E-state index in [1.807, 2.05) is 18.2 Å². The first-order valence-corrected chi connectivity index (χ1v) is 5.34. The van der Waals surface area contributed by atoms with Crippen LogP contribution in [-0.2, 0) is 6.42 Å².